The summed E-state index contributed by atoms with van der Waals surface area (Å²) in [6.07, 6.45) is 0.797. The number of aromatic nitrogens is 1. The van der Waals surface area contributed by atoms with Crippen LogP contribution >= 0.6 is 0 Å². The van der Waals surface area contributed by atoms with Crippen LogP contribution in [0.4, 0.5) is 16.2 Å². The van der Waals surface area contributed by atoms with Gasteiger partial charge in [-0.1, -0.05) is 41.4 Å². The molecule has 0 aliphatic heterocycles. The van der Waals surface area contributed by atoms with Crippen molar-refractivity contribution in [3.63, 3.8) is 0 Å². The molecule has 4 rings (SSSR count). The molecule has 0 radical (unpaired) electrons. The van der Waals surface area contributed by atoms with Crippen molar-refractivity contribution in [1.82, 2.24) is 5.16 Å². The molecule has 2 amide bonds. The predicted molar refractivity (Wildman–Crippen MR) is 125 cm³/mol. The molecule has 2 N–H and O–H groups in total. The third kappa shape index (κ3) is 5.15. The maximum atomic E-state index is 12.4. The minimum Gasteiger partial charge on any atom is -0.441 e. The minimum absolute atomic E-state index is 0.195. The molecule has 1 fully saturated rings. The largest absolute Gasteiger partial charge is 0.441 e. The molecular weight excluding hydrogens is 434 g/mol. The Balaban J connectivity index is 1.40. The van der Waals surface area contributed by atoms with E-state index in [1.165, 1.54) is 0 Å². The number of ether oxygens (including phenoxy) is 1. The van der Waals surface area contributed by atoms with E-state index in [1.54, 1.807) is 38.1 Å². The van der Waals surface area contributed by atoms with Crippen LogP contribution in [-0.4, -0.2) is 23.4 Å². The summed E-state index contributed by atoms with van der Waals surface area (Å²) in [5.74, 6) is 5.71. The van der Waals surface area contributed by atoms with Crippen LogP contribution in [0.3, 0.4) is 0 Å². The summed E-state index contributed by atoms with van der Waals surface area (Å²) in [6.45, 7) is 3.47. The van der Waals surface area contributed by atoms with Gasteiger partial charge in [0, 0.05) is 11.3 Å². The molecule has 0 bridgehead atoms. The highest BCUT2D eigenvalue weighted by atomic mass is 16.6. The third-order valence-corrected chi connectivity index (χ3v) is 5.57. The number of amides is 2. The SMILES string of the molecule is Cc1noc(C#Cc2ccc(NC(=O)C3(C=O)CC3)cc2)c1NC(=O)O[C@H](C)c1ccccc1. The van der Waals surface area contributed by atoms with Crippen LogP contribution in [0.1, 0.15) is 48.5 Å². The summed E-state index contributed by atoms with van der Waals surface area (Å²) in [4.78, 5) is 35.6. The number of rotatable bonds is 6. The lowest BCUT2D eigenvalue weighted by Gasteiger charge is -2.13. The van der Waals surface area contributed by atoms with Crippen molar-refractivity contribution in [3.8, 4) is 11.8 Å². The van der Waals surface area contributed by atoms with E-state index in [0.29, 0.717) is 41.8 Å². The molecule has 1 aromatic heterocycles. The quantitative estimate of drug-likeness (QED) is 0.318. The molecule has 0 spiro atoms. The Bertz CT molecular complexity index is 1270. The first kappa shape index (κ1) is 22.8. The predicted octanol–water partition coefficient (Wildman–Crippen LogP) is 4.61. The molecule has 1 saturated carbocycles. The molecule has 1 aliphatic carbocycles. The maximum Gasteiger partial charge on any atom is 0.412 e. The lowest BCUT2D eigenvalue weighted by Crippen LogP contribution is -2.25. The average molecular weight is 457 g/mol. The maximum absolute atomic E-state index is 12.4. The number of hydrogen-bond donors (Lipinski definition) is 2. The zero-order valence-electron chi connectivity index (χ0n) is 18.8. The molecule has 34 heavy (non-hydrogen) atoms. The second-order valence-electron chi connectivity index (χ2n) is 8.11. The first-order valence-corrected chi connectivity index (χ1v) is 10.8. The van der Waals surface area contributed by atoms with Crippen LogP contribution in [0.25, 0.3) is 0 Å². The van der Waals surface area contributed by atoms with Gasteiger partial charge in [0.15, 0.2) is 0 Å². The summed E-state index contributed by atoms with van der Waals surface area (Å²) >= 11 is 0. The molecule has 172 valence electrons. The number of carbonyl (C=O) groups excluding carboxylic acids is 3. The fourth-order valence-corrected chi connectivity index (χ4v) is 3.24. The average Bonchev–Trinajstić information content (AvgIpc) is 3.59. The number of benzene rings is 2. The van der Waals surface area contributed by atoms with Gasteiger partial charge in [-0.05, 0) is 62.4 Å². The Morgan fingerprint density at radius 1 is 1.09 bits per heavy atom. The first-order chi connectivity index (χ1) is 16.4. The van der Waals surface area contributed by atoms with Crippen molar-refractivity contribution < 1.29 is 23.6 Å². The smallest absolute Gasteiger partial charge is 0.412 e. The van der Waals surface area contributed by atoms with E-state index in [-0.39, 0.29) is 11.7 Å². The lowest BCUT2D eigenvalue weighted by atomic mass is 10.1. The topological polar surface area (TPSA) is 111 Å². The molecule has 1 aliphatic rings. The normalized spacial score (nSPS) is 14.2. The van der Waals surface area contributed by atoms with Crippen molar-refractivity contribution >= 4 is 29.7 Å². The highest BCUT2D eigenvalue weighted by Crippen LogP contribution is 2.44. The van der Waals surface area contributed by atoms with Crippen molar-refractivity contribution in [2.75, 3.05) is 10.6 Å². The molecule has 3 aromatic rings. The van der Waals surface area contributed by atoms with Crippen molar-refractivity contribution in [2.45, 2.75) is 32.8 Å². The molecular formula is C26H23N3O5. The second-order valence-corrected chi connectivity index (χ2v) is 8.11. The highest BCUT2D eigenvalue weighted by Gasteiger charge is 2.50. The Kier molecular flexibility index (Phi) is 6.46. The molecule has 2 aromatic carbocycles. The van der Waals surface area contributed by atoms with Crippen LogP contribution in [0.5, 0.6) is 0 Å². The van der Waals surface area contributed by atoms with Gasteiger partial charge in [0.05, 0.1) is 0 Å². The highest BCUT2D eigenvalue weighted by molar-refractivity contribution is 6.07. The summed E-state index contributed by atoms with van der Waals surface area (Å²) in [6, 6.07) is 16.3. The second kappa shape index (κ2) is 9.63. The molecule has 0 saturated heterocycles. The molecule has 1 heterocycles. The van der Waals surface area contributed by atoms with Gasteiger partial charge in [0.2, 0.25) is 11.7 Å². The van der Waals surface area contributed by atoms with E-state index < -0.39 is 17.6 Å². The summed E-state index contributed by atoms with van der Waals surface area (Å²) in [5, 5.41) is 9.28. The zero-order valence-corrected chi connectivity index (χ0v) is 18.8. The Morgan fingerprint density at radius 2 is 1.79 bits per heavy atom. The Labute approximate surface area is 196 Å². The summed E-state index contributed by atoms with van der Waals surface area (Å²) in [7, 11) is 0. The number of carbonyl (C=O) groups is 3. The molecule has 1 atom stereocenters. The minimum atomic E-state index is -0.869. The molecule has 8 heteroatoms. The van der Waals surface area contributed by atoms with E-state index >= 15 is 0 Å². The van der Waals surface area contributed by atoms with Gasteiger partial charge in [-0.2, -0.15) is 0 Å². The van der Waals surface area contributed by atoms with Gasteiger partial charge in [-0.3, -0.25) is 10.1 Å². The van der Waals surface area contributed by atoms with Gasteiger partial charge >= 0.3 is 6.09 Å². The zero-order chi connectivity index (χ0) is 24.1. The number of nitrogens with zero attached hydrogens (tertiary/aromatic N) is 1. The van der Waals surface area contributed by atoms with Crippen LogP contribution in [0.2, 0.25) is 0 Å². The molecule has 8 nitrogen and oxygen atoms in total. The van der Waals surface area contributed by atoms with E-state index in [1.807, 2.05) is 30.3 Å². The van der Waals surface area contributed by atoms with Crippen molar-refractivity contribution in [3.05, 3.63) is 77.2 Å². The van der Waals surface area contributed by atoms with Gasteiger partial charge in [-0.15, -0.1) is 0 Å². The van der Waals surface area contributed by atoms with E-state index in [9.17, 15) is 14.4 Å². The van der Waals surface area contributed by atoms with Gasteiger partial charge in [0.25, 0.3) is 0 Å². The van der Waals surface area contributed by atoms with Crippen LogP contribution < -0.4 is 10.6 Å². The summed E-state index contributed by atoms with van der Waals surface area (Å²) in [5.41, 5.74) is 2.05. The van der Waals surface area contributed by atoms with Gasteiger partial charge in [-0.25, -0.2) is 4.79 Å². The summed E-state index contributed by atoms with van der Waals surface area (Å²) < 4.78 is 10.7. The lowest BCUT2D eigenvalue weighted by molar-refractivity contribution is -0.126. The first-order valence-electron chi connectivity index (χ1n) is 10.8. The fraction of sp³-hybridized carbons (Fsp3) is 0.231. The van der Waals surface area contributed by atoms with Crippen molar-refractivity contribution in [2.24, 2.45) is 5.41 Å². The van der Waals surface area contributed by atoms with Crippen LogP contribution in [0, 0.1) is 24.2 Å². The Morgan fingerprint density at radius 3 is 2.44 bits per heavy atom. The number of aldehydes is 1. The van der Waals surface area contributed by atoms with Crippen LogP contribution in [-0.2, 0) is 14.3 Å². The third-order valence-electron chi connectivity index (χ3n) is 5.57. The van der Waals surface area contributed by atoms with Crippen molar-refractivity contribution in [1.29, 1.82) is 0 Å². The van der Waals surface area contributed by atoms with Gasteiger partial charge < -0.3 is 19.4 Å². The Hall–Kier alpha value is -4.38. The standard InChI is InChI=1S/C26H23N3O5/c1-17-23(28-25(32)33-18(2)20-6-4-3-5-7-20)22(34-29-17)13-10-19-8-11-21(12-9-19)27-24(31)26(16-30)14-15-26/h3-9,11-12,16,18H,14-15H2,1-2H3,(H,27,31)(H,28,32)/t18-/m1/s1. The van der Waals surface area contributed by atoms with Gasteiger partial charge in [0.1, 0.15) is 29.2 Å². The number of nitrogens with one attached hydrogen (secondary N) is 2. The van der Waals surface area contributed by atoms with E-state index in [2.05, 4.69) is 27.6 Å². The fourth-order valence-electron chi connectivity index (χ4n) is 3.24. The van der Waals surface area contributed by atoms with E-state index in [0.717, 1.165) is 5.56 Å². The van der Waals surface area contributed by atoms with E-state index in [4.69, 9.17) is 9.26 Å². The number of anilines is 2. The number of aryl methyl sites for hydroxylation is 1. The number of hydrogen-bond acceptors (Lipinski definition) is 6. The molecule has 0 unspecified atom stereocenters. The van der Waals surface area contributed by atoms with Crippen LogP contribution in [0.15, 0.2) is 59.1 Å². The monoisotopic (exact) mass is 457 g/mol.